The van der Waals surface area contributed by atoms with Crippen LogP contribution in [0.5, 0.6) is 0 Å². The summed E-state index contributed by atoms with van der Waals surface area (Å²) in [4.78, 5) is 0. The summed E-state index contributed by atoms with van der Waals surface area (Å²) < 4.78 is 0. The summed E-state index contributed by atoms with van der Waals surface area (Å²) in [6.07, 6.45) is 0. The molecule has 0 fully saturated rings. The highest BCUT2D eigenvalue weighted by Gasteiger charge is 2.24. The number of hydrogen-bond acceptors (Lipinski definition) is 0. The Labute approximate surface area is 78.4 Å². The Morgan fingerprint density at radius 3 is 1.58 bits per heavy atom. The quantitative estimate of drug-likeness (QED) is 0.441. The molecule has 0 unspecified atom stereocenters. The van der Waals surface area contributed by atoms with Gasteiger partial charge in [0.05, 0.1) is 8.07 Å². The van der Waals surface area contributed by atoms with E-state index in [2.05, 4.69) is 40.5 Å². The largest absolute Gasteiger partial charge is 0.100 e. The highest BCUT2D eigenvalue weighted by Crippen LogP contribution is 2.26. The first-order valence-electron chi connectivity index (χ1n) is 4.68. The van der Waals surface area contributed by atoms with Crippen LogP contribution in [0.3, 0.4) is 0 Å². The molecule has 0 bridgehead atoms. The van der Waals surface area contributed by atoms with Crippen LogP contribution in [0.15, 0.2) is 24.3 Å². The van der Waals surface area contributed by atoms with Gasteiger partial charge in [0, 0.05) is 0 Å². The molecule has 0 rings (SSSR count). The second kappa shape index (κ2) is 4.66. The molecule has 0 atom stereocenters. The zero-order valence-corrected chi connectivity index (χ0v) is 10.0. The first kappa shape index (κ1) is 11.7. The van der Waals surface area contributed by atoms with Crippen LogP contribution in [0.1, 0.15) is 20.8 Å². The van der Waals surface area contributed by atoms with Crippen molar-refractivity contribution in [3.05, 3.63) is 24.3 Å². The Bertz CT molecular complexity index is 163. The van der Waals surface area contributed by atoms with E-state index in [-0.39, 0.29) is 0 Å². The maximum absolute atomic E-state index is 4.00. The predicted octanol–water partition coefficient (Wildman–Crippen LogP) is 4.24. The van der Waals surface area contributed by atoms with E-state index in [4.69, 9.17) is 0 Å². The van der Waals surface area contributed by atoms with Gasteiger partial charge in [-0.25, -0.2) is 0 Å². The third kappa shape index (κ3) is 4.55. The molecular weight excluding hydrogens is 160 g/mol. The van der Waals surface area contributed by atoms with Gasteiger partial charge in [-0.3, -0.25) is 0 Å². The van der Waals surface area contributed by atoms with Crippen molar-refractivity contribution in [2.24, 2.45) is 0 Å². The molecule has 0 heterocycles. The number of rotatable bonds is 5. The van der Waals surface area contributed by atoms with E-state index in [1.807, 2.05) is 0 Å². The van der Waals surface area contributed by atoms with Crippen LogP contribution < -0.4 is 0 Å². The molecule has 0 aliphatic carbocycles. The fraction of sp³-hybridized carbons (Fsp3) is 0.636. The van der Waals surface area contributed by atoms with Crippen LogP contribution in [0, 0.1) is 0 Å². The number of allylic oxidation sites excluding steroid dienone is 2. The fourth-order valence-electron chi connectivity index (χ4n) is 1.77. The molecule has 0 aliphatic rings. The van der Waals surface area contributed by atoms with Crippen molar-refractivity contribution in [3.8, 4) is 0 Å². The summed E-state index contributed by atoms with van der Waals surface area (Å²) in [6.45, 7) is 17.0. The van der Waals surface area contributed by atoms with Crippen LogP contribution in [-0.4, -0.2) is 8.07 Å². The van der Waals surface area contributed by atoms with Crippen molar-refractivity contribution in [2.45, 2.75) is 45.5 Å². The van der Waals surface area contributed by atoms with E-state index in [0.29, 0.717) is 0 Å². The highest BCUT2D eigenvalue weighted by molar-refractivity contribution is 6.79. The van der Waals surface area contributed by atoms with Gasteiger partial charge in [0.1, 0.15) is 0 Å². The molecule has 0 N–H and O–H groups in total. The van der Waals surface area contributed by atoms with Gasteiger partial charge in [-0.05, 0) is 25.9 Å². The Morgan fingerprint density at radius 1 is 1.08 bits per heavy atom. The van der Waals surface area contributed by atoms with Gasteiger partial charge < -0.3 is 0 Å². The average molecular weight is 182 g/mol. The minimum Gasteiger partial charge on any atom is -0.100 e. The molecule has 0 amide bonds. The molecule has 70 valence electrons. The van der Waals surface area contributed by atoms with Crippen LogP contribution in [-0.2, 0) is 0 Å². The molecule has 0 aromatic rings. The van der Waals surface area contributed by atoms with E-state index in [1.165, 1.54) is 29.3 Å². The summed E-state index contributed by atoms with van der Waals surface area (Å²) in [6, 6.07) is 3.86. The lowest BCUT2D eigenvalue weighted by molar-refractivity contribution is 1.18. The van der Waals surface area contributed by atoms with Gasteiger partial charge in [-0.2, -0.15) is 0 Å². The molecular formula is C11H22Si. The van der Waals surface area contributed by atoms with E-state index in [0.717, 1.165) is 0 Å². The predicted molar refractivity (Wildman–Crippen MR) is 61.3 cm³/mol. The molecule has 0 aromatic carbocycles. The summed E-state index contributed by atoms with van der Waals surface area (Å²) in [5.41, 5.74) is 2.68. The topological polar surface area (TPSA) is 0 Å². The van der Waals surface area contributed by atoms with Crippen molar-refractivity contribution in [3.63, 3.8) is 0 Å². The van der Waals surface area contributed by atoms with Gasteiger partial charge in [0.2, 0.25) is 0 Å². The summed E-state index contributed by atoms with van der Waals surface area (Å²) in [5, 5.41) is 0. The highest BCUT2D eigenvalue weighted by atomic mass is 28.3. The zero-order chi connectivity index (χ0) is 9.78. The van der Waals surface area contributed by atoms with Gasteiger partial charge in [0.25, 0.3) is 0 Å². The molecule has 0 radical (unpaired) electrons. The Morgan fingerprint density at radius 2 is 1.42 bits per heavy atom. The van der Waals surface area contributed by atoms with E-state index in [9.17, 15) is 0 Å². The maximum Gasteiger partial charge on any atom is 0.0582 e. The fourth-order valence-corrected chi connectivity index (χ4v) is 5.31. The minimum atomic E-state index is -1.05. The molecule has 0 aliphatic heterocycles. The Balaban J connectivity index is 4.23. The average Bonchev–Trinajstić information content (AvgIpc) is 1.83. The molecule has 0 aromatic heterocycles. The van der Waals surface area contributed by atoms with E-state index >= 15 is 0 Å². The molecule has 0 saturated heterocycles. The standard InChI is InChI=1S/C11H22Si/c1-7-12(6,8-10(2)3)9-11(4)5/h2,4,7-9H2,1,3,5-6H3. The molecule has 1 heteroatoms. The lowest BCUT2D eigenvalue weighted by Gasteiger charge is -2.26. The first-order valence-corrected chi connectivity index (χ1v) is 7.80. The Hall–Kier alpha value is -0.303. The Kier molecular flexibility index (Phi) is 4.54. The van der Waals surface area contributed by atoms with Gasteiger partial charge in [-0.15, -0.1) is 13.2 Å². The van der Waals surface area contributed by atoms with Crippen molar-refractivity contribution < 1.29 is 0 Å². The third-order valence-electron chi connectivity index (χ3n) is 2.31. The lowest BCUT2D eigenvalue weighted by atomic mass is 10.4. The summed E-state index contributed by atoms with van der Waals surface area (Å²) in [5.74, 6) is 0. The molecule has 0 nitrogen and oxygen atoms in total. The summed E-state index contributed by atoms with van der Waals surface area (Å²) >= 11 is 0. The second-order valence-corrected chi connectivity index (χ2v) is 9.47. The van der Waals surface area contributed by atoms with Crippen LogP contribution in [0.25, 0.3) is 0 Å². The zero-order valence-electron chi connectivity index (χ0n) is 9.04. The van der Waals surface area contributed by atoms with Crippen molar-refractivity contribution in [1.29, 1.82) is 0 Å². The smallest absolute Gasteiger partial charge is 0.0582 e. The van der Waals surface area contributed by atoms with Crippen molar-refractivity contribution >= 4 is 8.07 Å². The number of hydrogen-bond donors (Lipinski definition) is 0. The lowest BCUT2D eigenvalue weighted by Crippen LogP contribution is -2.28. The van der Waals surface area contributed by atoms with Gasteiger partial charge >= 0.3 is 0 Å². The first-order chi connectivity index (χ1) is 5.39. The molecule has 0 spiro atoms. The van der Waals surface area contributed by atoms with Crippen molar-refractivity contribution in [2.75, 3.05) is 0 Å². The minimum absolute atomic E-state index is 1.05. The third-order valence-corrected chi connectivity index (χ3v) is 6.93. The van der Waals surface area contributed by atoms with E-state index in [1.54, 1.807) is 0 Å². The van der Waals surface area contributed by atoms with Crippen LogP contribution in [0.4, 0.5) is 0 Å². The molecule has 12 heavy (non-hydrogen) atoms. The second-order valence-electron chi connectivity index (χ2n) is 4.43. The summed E-state index contributed by atoms with van der Waals surface area (Å²) in [7, 11) is -1.05. The van der Waals surface area contributed by atoms with Gasteiger partial charge in [0.15, 0.2) is 0 Å². The molecule has 0 saturated carbocycles. The van der Waals surface area contributed by atoms with Gasteiger partial charge in [-0.1, -0.05) is 30.7 Å². The van der Waals surface area contributed by atoms with Crippen molar-refractivity contribution in [1.82, 2.24) is 0 Å². The maximum atomic E-state index is 4.00. The SMILES string of the molecule is C=C(C)C[Si](C)(CC)CC(=C)C. The normalized spacial score (nSPS) is 11.3. The van der Waals surface area contributed by atoms with Crippen LogP contribution in [0.2, 0.25) is 24.7 Å². The van der Waals surface area contributed by atoms with E-state index < -0.39 is 8.07 Å². The monoisotopic (exact) mass is 182 g/mol. The van der Waals surface area contributed by atoms with Crippen LogP contribution >= 0.6 is 0 Å².